The number of ether oxygens (including phenoxy) is 1. The first-order valence-electron chi connectivity index (χ1n) is 6.56. The molecule has 22 heavy (non-hydrogen) atoms. The Bertz CT molecular complexity index is 824. The number of hydrogen-bond donors (Lipinski definition) is 0. The third-order valence-corrected chi connectivity index (χ3v) is 3.95. The number of furan rings is 1. The summed E-state index contributed by atoms with van der Waals surface area (Å²) in [6, 6.07) is 13.4. The van der Waals surface area contributed by atoms with Crippen LogP contribution in [0, 0.1) is 11.3 Å². The summed E-state index contributed by atoms with van der Waals surface area (Å²) in [5.41, 5.74) is 2.31. The topological polar surface area (TPSA) is 59.0 Å². The molecule has 3 rings (SSSR count). The smallest absolute Gasteiger partial charge is 0.134 e. The van der Waals surface area contributed by atoms with Crippen molar-refractivity contribution in [3.63, 3.8) is 0 Å². The first-order valence-corrected chi connectivity index (χ1v) is 7.44. The van der Waals surface area contributed by atoms with Crippen molar-refractivity contribution in [3.05, 3.63) is 58.8 Å². The lowest BCUT2D eigenvalue weighted by Crippen LogP contribution is -1.84. The Morgan fingerprint density at radius 3 is 2.77 bits per heavy atom. The largest absolute Gasteiger partial charge is 0.497 e. The van der Waals surface area contributed by atoms with E-state index in [0.717, 1.165) is 17.0 Å². The van der Waals surface area contributed by atoms with Crippen molar-refractivity contribution in [2.75, 3.05) is 7.11 Å². The van der Waals surface area contributed by atoms with Crippen molar-refractivity contribution in [2.45, 2.75) is 0 Å². The van der Waals surface area contributed by atoms with Gasteiger partial charge in [-0.15, -0.1) is 11.3 Å². The molecule has 0 atom stereocenters. The van der Waals surface area contributed by atoms with Crippen LogP contribution < -0.4 is 4.74 Å². The maximum absolute atomic E-state index is 9.32. The van der Waals surface area contributed by atoms with E-state index < -0.39 is 0 Å². The molecule has 0 aliphatic rings. The standard InChI is InChI=1S/C17H12N2O2S/c1-20-14-6-4-12(5-7-14)16-11-22-17(19-16)13(10-18)9-15-3-2-8-21-15/h2-9,11H,1H3/b13-9-. The minimum Gasteiger partial charge on any atom is -0.497 e. The molecule has 5 heteroatoms. The molecule has 0 saturated carbocycles. The summed E-state index contributed by atoms with van der Waals surface area (Å²) in [6.07, 6.45) is 3.27. The van der Waals surface area contributed by atoms with Crippen LogP contribution in [-0.4, -0.2) is 12.1 Å². The van der Waals surface area contributed by atoms with Crippen molar-refractivity contribution < 1.29 is 9.15 Å². The van der Waals surface area contributed by atoms with Crippen molar-refractivity contribution in [1.29, 1.82) is 5.26 Å². The Kier molecular flexibility index (Phi) is 4.03. The minimum atomic E-state index is 0.486. The van der Waals surface area contributed by atoms with E-state index in [1.165, 1.54) is 11.3 Å². The quantitative estimate of drug-likeness (QED) is 0.667. The Morgan fingerprint density at radius 2 is 2.14 bits per heavy atom. The summed E-state index contributed by atoms with van der Waals surface area (Å²) < 4.78 is 10.4. The summed E-state index contributed by atoms with van der Waals surface area (Å²) in [4.78, 5) is 4.53. The van der Waals surface area contributed by atoms with Crippen molar-refractivity contribution in [1.82, 2.24) is 4.98 Å². The van der Waals surface area contributed by atoms with Gasteiger partial charge in [0, 0.05) is 17.0 Å². The third-order valence-electron chi connectivity index (χ3n) is 3.07. The summed E-state index contributed by atoms with van der Waals surface area (Å²) in [5, 5.41) is 11.9. The number of benzene rings is 1. The zero-order valence-corrected chi connectivity index (χ0v) is 12.6. The second-order valence-corrected chi connectivity index (χ2v) is 5.31. The van der Waals surface area contributed by atoms with Gasteiger partial charge in [0.15, 0.2) is 0 Å². The van der Waals surface area contributed by atoms with Crippen LogP contribution in [0.2, 0.25) is 0 Å². The molecule has 0 radical (unpaired) electrons. The highest BCUT2D eigenvalue weighted by atomic mass is 32.1. The highest BCUT2D eigenvalue weighted by Gasteiger charge is 2.09. The van der Waals surface area contributed by atoms with Gasteiger partial charge in [-0.25, -0.2) is 4.98 Å². The maximum atomic E-state index is 9.32. The SMILES string of the molecule is COc1ccc(-c2csc(/C(C#N)=C\c3ccco3)n2)cc1. The first kappa shape index (κ1) is 14.1. The van der Waals surface area contributed by atoms with Gasteiger partial charge in [-0.05, 0) is 36.4 Å². The first-order chi connectivity index (χ1) is 10.8. The Labute approximate surface area is 131 Å². The molecular formula is C17H12N2O2S. The second kappa shape index (κ2) is 6.29. The molecule has 0 N–H and O–H groups in total. The number of nitrogens with zero attached hydrogens (tertiary/aromatic N) is 2. The van der Waals surface area contributed by atoms with Crippen LogP contribution in [0.5, 0.6) is 5.75 Å². The molecule has 108 valence electrons. The normalized spacial score (nSPS) is 11.2. The lowest BCUT2D eigenvalue weighted by atomic mass is 10.1. The van der Waals surface area contributed by atoms with E-state index in [4.69, 9.17) is 9.15 Å². The number of nitriles is 1. The molecule has 0 unspecified atom stereocenters. The molecule has 2 heterocycles. The van der Waals surface area contributed by atoms with Gasteiger partial charge in [-0.2, -0.15) is 5.26 Å². The molecule has 2 aromatic heterocycles. The van der Waals surface area contributed by atoms with Gasteiger partial charge in [-0.1, -0.05) is 0 Å². The highest BCUT2D eigenvalue weighted by Crippen LogP contribution is 2.28. The number of aromatic nitrogens is 1. The minimum absolute atomic E-state index is 0.486. The number of allylic oxidation sites excluding steroid dienone is 1. The van der Waals surface area contributed by atoms with Crippen LogP contribution in [0.15, 0.2) is 52.5 Å². The molecule has 0 amide bonds. The van der Waals surface area contributed by atoms with E-state index in [2.05, 4.69) is 11.1 Å². The molecule has 0 fully saturated rings. The van der Waals surface area contributed by atoms with Crippen molar-refractivity contribution >= 4 is 23.0 Å². The van der Waals surface area contributed by atoms with Crippen LogP contribution in [0.3, 0.4) is 0 Å². The Morgan fingerprint density at radius 1 is 1.32 bits per heavy atom. The van der Waals surface area contributed by atoms with Gasteiger partial charge in [-0.3, -0.25) is 0 Å². The fourth-order valence-corrected chi connectivity index (χ4v) is 2.74. The summed E-state index contributed by atoms with van der Waals surface area (Å²) >= 11 is 1.43. The summed E-state index contributed by atoms with van der Waals surface area (Å²) in [6.45, 7) is 0. The van der Waals surface area contributed by atoms with Crippen LogP contribution in [-0.2, 0) is 0 Å². The highest BCUT2D eigenvalue weighted by molar-refractivity contribution is 7.11. The molecule has 1 aromatic carbocycles. The monoisotopic (exact) mass is 308 g/mol. The molecular weight excluding hydrogens is 296 g/mol. The molecule has 0 spiro atoms. The summed E-state index contributed by atoms with van der Waals surface area (Å²) in [7, 11) is 1.63. The average Bonchev–Trinajstić information content (AvgIpc) is 3.24. The zero-order chi connectivity index (χ0) is 15.4. The van der Waals surface area contributed by atoms with E-state index in [9.17, 15) is 5.26 Å². The number of methoxy groups -OCH3 is 1. The average molecular weight is 308 g/mol. The van der Waals surface area contributed by atoms with E-state index in [1.807, 2.05) is 29.6 Å². The van der Waals surface area contributed by atoms with E-state index in [-0.39, 0.29) is 0 Å². The van der Waals surface area contributed by atoms with Gasteiger partial charge in [0.05, 0.1) is 24.6 Å². The molecule has 4 nitrogen and oxygen atoms in total. The van der Waals surface area contributed by atoms with Crippen molar-refractivity contribution in [3.8, 4) is 23.1 Å². The van der Waals surface area contributed by atoms with E-state index in [1.54, 1.807) is 31.6 Å². The fraction of sp³-hybridized carbons (Fsp3) is 0.0588. The molecule has 0 aliphatic carbocycles. The lowest BCUT2D eigenvalue weighted by molar-refractivity contribution is 0.415. The van der Waals surface area contributed by atoms with Gasteiger partial charge in [0.1, 0.15) is 22.6 Å². The van der Waals surface area contributed by atoms with Gasteiger partial charge >= 0.3 is 0 Å². The van der Waals surface area contributed by atoms with Gasteiger partial charge in [0.25, 0.3) is 0 Å². The van der Waals surface area contributed by atoms with Crippen LogP contribution in [0.1, 0.15) is 10.8 Å². The summed E-state index contributed by atoms with van der Waals surface area (Å²) in [5.74, 6) is 1.44. The predicted molar refractivity (Wildman–Crippen MR) is 86.3 cm³/mol. The number of thiazole rings is 1. The number of rotatable bonds is 4. The maximum Gasteiger partial charge on any atom is 0.134 e. The molecule has 0 bridgehead atoms. The van der Waals surface area contributed by atoms with Crippen LogP contribution in [0.25, 0.3) is 22.9 Å². The van der Waals surface area contributed by atoms with E-state index >= 15 is 0 Å². The third kappa shape index (κ3) is 2.92. The Balaban J connectivity index is 1.90. The van der Waals surface area contributed by atoms with Crippen LogP contribution in [0.4, 0.5) is 0 Å². The predicted octanol–water partition coefficient (Wildman–Crippen LogP) is 4.48. The lowest BCUT2D eigenvalue weighted by Gasteiger charge is -2.00. The van der Waals surface area contributed by atoms with Crippen LogP contribution >= 0.6 is 11.3 Å². The molecule has 3 aromatic rings. The molecule has 0 saturated heterocycles. The van der Waals surface area contributed by atoms with Gasteiger partial charge in [0.2, 0.25) is 0 Å². The van der Waals surface area contributed by atoms with Crippen molar-refractivity contribution in [2.24, 2.45) is 0 Å². The second-order valence-electron chi connectivity index (χ2n) is 4.45. The fourth-order valence-electron chi connectivity index (χ4n) is 1.95. The Hall–Kier alpha value is -2.84. The number of hydrogen-bond acceptors (Lipinski definition) is 5. The molecule has 0 aliphatic heterocycles. The van der Waals surface area contributed by atoms with Gasteiger partial charge < -0.3 is 9.15 Å². The zero-order valence-electron chi connectivity index (χ0n) is 11.8. The van der Waals surface area contributed by atoms with E-state index in [0.29, 0.717) is 16.3 Å².